The van der Waals surface area contributed by atoms with Crippen molar-refractivity contribution >= 4 is 29.1 Å². The largest absolute Gasteiger partial charge is 0.493 e. The molecule has 0 saturated carbocycles. The van der Waals surface area contributed by atoms with Gasteiger partial charge in [-0.2, -0.15) is 5.26 Å². The fourth-order valence-electron chi connectivity index (χ4n) is 5.43. The molecule has 0 amide bonds. The van der Waals surface area contributed by atoms with Gasteiger partial charge in [-0.05, 0) is 66.1 Å². The summed E-state index contributed by atoms with van der Waals surface area (Å²) >= 11 is 1.24. The zero-order chi connectivity index (χ0) is 33.6. The lowest BCUT2D eigenvalue weighted by molar-refractivity contribution is -0.138. The molecule has 9 nitrogen and oxygen atoms in total. The van der Waals surface area contributed by atoms with E-state index in [1.807, 2.05) is 72.8 Å². The quantitative estimate of drug-likeness (QED) is 0.185. The van der Waals surface area contributed by atoms with Crippen molar-refractivity contribution in [2.75, 3.05) is 20.8 Å². The number of benzene rings is 4. The highest BCUT2D eigenvalue weighted by molar-refractivity contribution is 7.07. The number of nitrogens with zero attached hydrogens (tertiary/aromatic N) is 3. The third kappa shape index (κ3) is 6.49. The van der Waals surface area contributed by atoms with Crippen molar-refractivity contribution in [3.05, 3.63) is 150 Å². The van der Waals surface area contributed by atoms with Crippen LogP contribution in [0, 0.1) is 11.3 Å². The zero-order valence-electron chi connectivity index (χ0n) is 26.5. The molecule has 0 aliphatic carbocycles. The first-order valence-corrected chi connectivity index (χ1v) is 16.0. The fraction of sp³-hybridized carbons (Fsp3) is 0.158. The molecule has 0 unspecified atom stereocenters. The van der Waals surface area contributed by atoms with Gasteiger partial charge in [0, 0.05) is 5.56 Å². The molecule has 0 bridgehead atoms. The number of fused-ring (bicyclic) bond motifs is 1. The average Bonchev–Trinajstić information content (AvgIpc) is 3.44. The minimum Gasteiger partial charge on any atom is -0.493 e. The summed E-state index contributed by atoms with van der Waals surface area (Å²) in [6.07, 6.45) is 1.80. The summed E-state index contributed by atoms with van der Waals surface area (Å²) in [4.78, 5) is 33.3. The van der Waals surface area contributed by atoms with Gasteiger partial charge in [-0.3, -0.25) is 9.36 Å². The molecule has 0 saturated heterocycles. The maximum Gasteiger partial charge on any atom is 0.338 e. The molecule has 1 atom stereocenters. The van der Waals surface area contributed by atoms with Gasteiger partial charge in [0.15, 0.2) is 16.3 Å². The molecule has 0 radical (unpaired) electrons. The highest BCUT2D eigenvalue weighted by Crippen LogP contribution is 2.38. The standard InChI is InChI=1S/C38H31N3O6S/c1-4-46-37(43)33-34(27-8-6-5-7-9-27)40-38-41(35(33)28-16-19-30(44-2)31(21-28)45-3)36(42)32(48-38)20-24-14-17-29(18-15-24)47-23-26-12-10-25(22-39)11-13-26/h5-21,35H,4,23H2,1-3H3/b32-20-/t35-/m0/s1. The average molecular weight is 658 g/mol. The smallest absolute Gasteiger partial charge is 0.338 e. The van der Waals surface area contributed by atoms with Gasteiger partial charge in [0.1, 0.15) is 12.4 Å². The maximum atomic E-state index is 14.2. The Bertz CT molecular complexity index is 2210. The molecule has 48 heavy (non-hydrogen) atoms. The van der Waals surface area contributed by atoms with Crippen molar-refractivity contribution in [3.63, 3.8) is 0 Å². The number of rotatable bonds is 10. The number of carbonyl (C=O) groups is 1. The molecule has 1 aromatic heterocycles. The lowest BCUT2D eigenvalue weighted by Gasteiger charge is -2.26. The first kappa shape index (κ1) is 32.0. The van der Waals surface area contributed by atoms with Crippen LogP contribution in [0.3, 0.4) is 0 Å². The van der Waals surface area contributed by atoms with E-state index in [4.69, 9.17) is 29.2 Å². The monoisotopic (exact) mass is 657 g/mol. The van der Waals surface area contributed by atoms with Crippen molar-refractivity contribution in [2.45, 2.75) is 19.6 Å². The number of thiazole rings is 1. The molecule has 0 N–H and O–H groups in total. The Morgan fingerprint density at radius 3 is 2.35 bits per heavy atom. The predicted molar refractivity (Wildman–Crippen MR) is 183 cm³/mol. The van der Waals surface area contributed by atoms with Crippen LogP contribution < -0.4 is 29.1 Å². The van der Waals surface area contributed by atoms with E-state index < -0.39 is 12.0 Å². The van der Waals surface area contributed by atoms with Gasteiger partial charge in [0.05, 0.1) is 54.3 Å². The fourth-order valence-corrected chi connectivity index (χ4v) is 6.43. The molecule has 1 aliphatic heterocycles. The molecular formula is C38H31N3O6S. The third-order valence-electron chi connectivity index (χ3n) is 7.76. The van der Waals surface area contributed by atoms with E-state index in [0.717, 1.165) is 16.7 Å². The van der Waals surface area contributed by atoms with Crippen molar-refractivity contribution in [3.8, 4) is 23.3 Å². The number of hydrogen-bond acceptors (Lipinski definition) is 9. The zero-order valence-corrected chi connectivity index (χ0v) is 27.3. The van der Waals surface area contributed by atoms with Crippen LogP contribution in [0.1, 0.15) is 40.8 Å². The Hall–Kier alpha value is -5.92. The van der Waals surface area contributed by atoms with Crippen molar-refractivity contribution in [1.82, 2.24) is 4.57 Å². The lowest BCUT2D eigenvalue weighted by atomic mass is 9.93. The number of methoxy groups -OCH3 is 2. The van der Waals surface area contributed by atoms with Crippen molar-refractivity contribution < 1.29 is 23.7 Å². The summed E-state index contributed by atoms with van der Waals surface area (Å²) < 4.78 is 24.5. The van der Waals surface area contributed by atoms with Crippen LogP contribution in [0.4, 0.5) is 0 Å². The Kier molecular flexibility index (Phi) is 9.50. The normalized spacial score (nSPS) is 14.0. The van der Waals surface area contributed by atoms with Crippen LogP contribution in [-0.2, 0) is 16.1 Å². The molecule has 5 aromatic rings. The van der Waals surface area contributed by atoms with E-state index in [9.17, 15) is 9.59 Å². The van der Waals surface area contributed by atoms with Gasteiger partial charge in [-0.15, -0.1) is 0 Å². The summed E-state index contributed by atoms with van der Waals surface area (Å²) in [5.41, 5.74) is 4.08. The van der Waals surface area contributed by atoms with Crippen molar-refractivity contribution in [1.29, 1.82) is 5.26 Å². The minimum atomic E-state index is -0.851. The summed E-state index contributed by atoms with van der Waals surface area (Å²) in [6.45, 7) is 2.25. The second-order valence-electron chi connectivity index (χ2n) is 10.7. The number of aromatic nitrogens is 1. The maximum absolute atomic E-state index is 14.2. The van der Waals surface area contributed by atoms with Gasteiger partial charge in [0.2, 0.25) is 0 Å². The van der Waals surface area contributed by atoms with E-state index in [1.165, 1.54) is 18.4 Å². The van der Waals surface area contributed by atoms with Gasteiger partial charge < -0.3 is 18.9 Å². The minimum absolute atomic E-state index is 0.153. The number of esters is 1. The topological polar surface area (TPSA) is 112 Å². The van der Waals surface area contributed by atoms with E-state index in [1.54, 1.807) is 48.9 Å². The SMILES string of the molecule is CCOC(=O)C1=C(c2ccccc2)N=c2s/c(=C\c3ccc(OCc4ccc(C#N)cc4)cc3)c(=O)n2[C@H]1c1ccc(OC)c(OC)c1. The number of carbonyl (C=O) groups excluding carboxylic acids is 1. The molecule has 10 heteroatoms. The highest BCUT2D eigenvalue weighted by Gasteiger charge is 2.35. The highest BCUT2D eigenvalue weighted by atomic mass is 32.1. The van der Waals surface area contributed by atoms with Crippen LogP contribution in [0.2, 0.25) is 0 Å². The molecule has 1 aliphatic rings. The van der Waals surface area contributed by atoms with Gasteiger partial charge in [-0.1, -0.05) is 72.0 Å². The summed E-state index contributed by atoms with van der Waals surface area (Å²) in [5.74, 6) is 1.08. The summed E-state index contributed by atoms with van der Waals surface area (Å²) in [7, 11) is 3.08. The third-order valence-corrected chi connectivity index (χ3v) is 8.75. The molecular weight excluding hydrogens is 627 g/mol. The molecule has 4 aromatic carbocycles. The second-order valence-corrected chi connectivity index (χ2v) is 11.7. The van der Waals surface area contributed by atoms with E-state index >= 15 is 0 Å². The number of hydrogen-bond donors (Lipinski definition) is 0. The Balaban J connectivity index is 1.44. The number of ether oxygens (including phenoxy) is 4. The Morgan fingerprint density at radius 2 is 1.69 bits per heavy atom. The molecule has 240 valence electrons. The van der Waals surface area contributed by atoms with Crippen LogP contribution in [0.5, 0.6) is 17.2 Å². The molecule has 6 rings (SSSR count). The van der Waals surface area contributed by atoms with Crippen LogP contribution in [-0.4, -0.2) is 31.4 Å². The first-order valence-electron chi connectivity index (χ1n) is 15.2. The van der Waals surface area contributed by atoms with Gasteiger partial charge in [-0.25, -0.2) is 9.79 Å². The number of nitriles is 1. The van der Waals surface area contributed by atoms with Gasteiger partial charge in [0.25, 0.3) is 5.56 Å². The Morgan fingerprint density at radius 1 is 0.958 bits per heavy atom. The van der Waals surface area contributed by atoms with Crippen molar-refractivity contribution in [2.24, 2.45) is 4.99 Å². The Labute approximate surface area is 280 Å². The van der Waals surface area contributed by atoms with Gasteiger partial charge >= 0.3 is 5.97 Å². The second kappa shape index (κ2) is 14.2. The lowest BCUT2D eigenvalue weighted by Crippen LogP contribution is -2.40. The van der Waals surface area contributed by atoms with Crippen LogP contribution in [0.15, 0.2) is 112 Å². The van der Waals surface area contributed by atoms with E-state index in [0.29, 0.717) is 50.0 Å². The summed E-state index contributed by atoms with van der Waals surface area (Å²) in [6, 6.07) is 30.6. The van der Waals surface area contributed by atoms with Crippen LogP contribution in [0.25, 0.3) is 11.8 Å². The van der Waals surface area contributed by atoms with E-state index in [2.05, 4.69) is 6.07 Å². The summed E-state index contributed by atoms with van der Waals surface area (Å²) in [5, 5.41) is 9.01. The van der Waals surface area contributed by atoms with E-state index in [-0.39, 0.29) is 17.7 Å². The predicted octanol–water partition coefficient (Wildman–Crippen LogP) is 5.40. The molecule has 0 fully saturated rings. The molecule has 0 spiro atoms. The molecule has 2 heterocycles. The first-order chi connectivity index (χ1) is 23.4. The van der Waals surface area contributed by atoms with Crippen LogP contribution >= 0.6 is 11.3 Å².